The van der Waals surface area contributed by atoms with Gasteiger partial charge in [-0.2, -0.15) is 13.2 Å². The molecule has 0 radical (unpaired) electrons. The lowest BCUT2D eigenvalue weighted by Crippen LogP contribution is -2.51. The van der Waals surface area contributed by atoms with Crippen molar-refractivity contribution in [3.63, 3.8) is 0 Å². The first kappa shape index (κ1) is 106. The van der Waals surface area contributed by atoms with Crippen LogP contribution in [-0.4, -0.2) is 169 Å². The average molecular weight is 2100 g/mol. The van der Waals surface area contributed by atoms with E-state index in [-0.39, 0.29) is 102 Å². The zero-order valence-corrected chi connectivity index (χ0v) is 87.0. The minimum Gasteiger partial charge on any atom is -0.376 e. The van der Waals surface area contributed by atoms with Crippen LogP contribution in [0.5, 0.6) is 0 Å². The summed E-state index contributed by atoms with van der Waals surface area (Å²) in [5.41, 5.74) is 19.4. The van der Waals surface area contributed by atoms with Crippen LogP contribution in [0.25, 0.3) is 28.4 Å². The van der Waals surface area contributed by atoms with Gasteiger partial charge in [-0.1, -0.05) is 180 Å². The van der Waals surface area contributed by atoms with Gasteiger partial charge in [-0.25, -0.2) is 24.9 Å². The van der Waals surface area contributed by atoms with Crippen LogP contribution in [0.2, 0.25) is 50.2 Å². The molecule has 742 valence electrons. The second kappa shape index (κ2) is 42.9. The SMILES string of the molecule is CCC1(C)CCN(c2cc(=O)n(-c3cccc(Cl)c3Cl)c(C)n2)CC1.Cc1c(N2CCC3(CC2)CO[C@H](C)[C@@H]3N)nc(C)n(-c2cccc(Cl)c2Cl)c1=O.Cc1nc(N2CCC(C)(C)CC2)cc(=O)n1-c1cccc(Cl)c1Cl.Cc1nc(N2CCC3(CC2)CO[C@H](C)[C@@H]3N)c(C(F)(F)F)c(=O)n1-c1cccc(Cl)c1Cl.Cc1nc(N2CCC3(CC2)CO[C@H](C)[C@@H]3N)cc(=O)n1-c1cccc(Cl)c1Cl. The lowest BCUT2D eigenvalue weighted by atomic mass is 9.73. The number of nitrogens with two attached hydrogens (primary N) is 3. The van der Waals surface area contributed by atoms with Gasteiger partial charge in [0.1, 0.15) is 58.2 Å². The van der Waals surface area contributed by atoms with Crippen molar-refractivity contribution in [2.24, 2.45) is 44.3 Å². The molecule has 0 unspecified atom stereocenters. The maximum Gasteiger partial charge on any atom is 0.425 e. The number of benzene rings is 5. The van der Waals surface area contributed by atoms with Crippen LogP contribution in [0.4, 0.5) is 42.3 Å². The van der Waals surface area contributed by atoms with Gasteiger partial charge >= 0.3 is 6.18 Å². The third kappa shape index (κ3) is 21.9. The second-order valence-electron chi connectivity index (χ2n) is 38.6. The van der Waals surface area contributed by atoms with Gasteiger partial charge in [-0.15, -0.1) is 0 Å². The predicted octanol–water partition coefficient (Wildman–Crippen LogP) is 20.2. The molecular weight excluding hydrogens is 1980 g/mol. The molecule has 3 spiro atoms. The van der Waals surface area contributed by atoms with E-state index in [1.165, 1.54) is 54.7 Å². The standard InChI is InChI=1S/C21H23Cl2F3N4O2.C21H26Cl2N4O2.C20H24Cl2N4O2.C19H23Cl2N3O.C18H21Cl2N3O/c1-11-17(27)20(10-32-11)6-8-29(9-7-20)18-15(21(24,25)26)19(31)30(12(2)28-18)14-5-3-4-13(22)16(14)23;1-12-19(26-9-7-21(8-10-26)11-29-13(2)18(21)24)25-14(3)27(20(12)28)16-6-4-5-15(22)17(16)23;1-12-19(23)20(11-28-12)6-8-25(9-7-20)16-10-17(27)26(13(2)24-16)15-5-3-4-14(21)18(15)22;1-4-19(3)8-10-23(11-9-19)16-12-17(25)24(13(2)22-16)15-7-5-6-14(20)18(15)21;1-12-21-15(22-9-7-18(2,3)8-10-22)11-16(24)23(12)14-6-4-5-13(19)17(14)20/h3-5,11,17H,6-10,27H2,1-2H3;4-6,13,18H,7-11,24H2,1-3H3;3-5,10,12,19H,6-9,11,23H2,1-2H3;5-7,12H,4,8-11H2,1-3H3;4-6,11H,7-10H2,1-3H3/t11-,17+;13-,18+;12-,19+;;/m111../s1. The van der Waals surface area contributed by atoms with Gasteiger partial charge in [0.05, 0.1) is 122 Å². The van der Waals surface area contributed by atoms with Crippen LogP contribution in [0, 0.1) is 68.6 Å². The molecule has 0 aliphatic carbocycles. The van der Waals surface area contributed by atoms with Gasteiger partial charge in [-0.05, 0) is 198 Å². The second-order valence-corrected chi connectivity index (χ2v) is 42.5. The Labute approximate surface area is 851 Å². The first-order valence-corrected chi connectivity index (χ1v) is 50.2. The molecule has 8 aliphatic rings. The van der Waals surface area contributed by atoms with Crippen molar-refractivity contribution in [2.75, 3.05) is 110 Å². The topological polar surface area (TPSA) is 296 Å². The lowest BCUT2D eigenvalue weighted by molar-refractivity contribution is -0.138. The number of rotatable bonds is 11. The number of anilines is 5. The summed E-state index contributed by atoms with van der Waals surface area (Å²) < 4.78 is 66.5. The number of piperidine rings is 5. The normalized spacial score (nSPS) is 21.3. The smallest absolute Gasteiger partial charge is 0.376 e. The van der Waals surface area contributed by atoms with Crippen molar-refractivity contribution in [2.45, 2.75) is 203 Å². The van der Waals surface area contributed by atoms with Crippen LogP contribution < -0.4 is 69.5 Å². The first-order chi connectivity index (χ1) is 65.2. The highest BCUT2D eigenvalue weighted by Gasteiger charge is 2.52. The predicted molar refractivity (Wildman–Crippen MR) is 550 cm³/mol. The highest BCUT2D eigenvalue weighted by atomic mass is 35.5. The molecule has 6 N–H and O–H groups in total. The van der Waals surface area contributed by atoms with E-state index < -0.39 is 17.3 Å². The van der Waals surface area contributed by atoms with Crippen molar-refractivity contribution in [1.82, 2.24) is 47.8 Å². The zero-order chi connectivity index (χ0) is 100. The van der Waals surface area contributed by atoms with Crippen LogP contribution in [0.3, 0.4) is 0 Å². The Balaban J connectivity index is 0.000000138. The third-order valence-electron chi connectivity index (χ3n) is 29.4. The largest absolute Gasteiger partial charge is 0.425 e. The molecule has 13 heterocycles. The first-order valence-electron chi connectivity index (χ1n) is 46.4. The molecule has 138 heavy (non-hydrogen) atoms. The molecule has 8 aliphatic heterocycles. The summed E-state index contributed by atoms with van der Waals surface area (Å²) in [7, 11) is 0. The van der Waals surface area contributed by atoms with Gasteiger partial charge in [-0.3, -0.25) is 46.8 Å². The monoisotopic (exact) mass is 2090 g/mol. The summed E-state index contributed by atoms with van der Waals surface area (Å²) >= 11 is 61.8. The van der Waals surface area contributed by atoms with Crippen molar-refractivity contribution in [3.8, 4) is 28.4 Å². The van der Waals surface area contributed by atoms with Crippen LogP contribution in [-0.2, 0) is 20.4 Å². The third-order valence-corrected chi connectivity index (χ3v) is 33.4. The number of hydrogen-bond donors (Lipinski definition) is 3. The Bertz CT molecular complexity index is 6500. The van der Waals surface area contributed by atoms with Crippen molar-refractivity contribution in [1.29, 1.82) is 0 Å². The lowest BCUT2D eigenvalue weighted by Gasteiger charge is -2.42. The number of ether oxygens (including phenoxy) is 3. The van der Waals surface area contributed by atoms with Gasteiger partial charge < -0.3 is 55.9 Å². The van der Waals surface area contributed by atoms with E-state index in [0.29, 0.717) is 154 Å². The molecule has 8 saturated heterocycles. The van der Waals surface area contributed by atoms with E-state index in [4.69, 9.17) is 152 Å². The Morgan fingerprint density at radius 3 is 0.891 bits per heavy atom. The highest BCUT2D eigenvalue weighted by Crippen LogP contribution is 2.48. The highest BCUT2D eigenvalue weighted by molar-refractivity contribution is 6.45. The molecule has 18 rings (SSSR count). The molecule has 26 nitrogen and oxygen atoms in total. The number of aromatic nitrogens is 10. The summed E-state index contributed by atoms with van der Waals surface area (Å²) in [5, 5.41) is 3.16. The van der Waals surface area contributed by atoms with Gasteiger partial charge in [0, 0.05) is 118 Å². The Morgan fingerprint density at radius 2 is 0.616 bits per heavy atom. The van der Waals surface area contributed by atoms with E-state index in [0.717, 1.165) is 126 Å². The fourth-order valence-corrected chi connectivity index (χ4v) is 21.9. The maximum absolute atomic E-state index is 14.1. The summed E-state index contributed by atoms with van der Waals surface area (Å²) in [4.78, 5) is 97.9. The van der Waals surface area contributed by atoms with Gasteiger partial charge in [0.2, 0.25) is 0 Å². The molecule has 0 bridgehead atoms. The molecule has 0 amide bonds. The van der Waals surface area contributed by atoms with E-state index in [2.05, 4.69) is 67.2 Å². The van der Waals surface area contributed by atoms with Crippen molar-refractivity contribution >= 4 is 145 Å². The molecule has 5 aromatic heterocycles. The fourth-order valence-electron chi connectivity index (χ4n) is 20.0. The molecule has 39 heteroatoms. The molecule has 8 fully saturated rings. The molecule has 10 aromatic rings. The summed E-state index contributed by atoms with van der Waals surface area (Å²) in [6, 6.07) is 30.1. The van der Waals surface area contributed by atoms with Crippen LogP contribution in [0.1, 0.15) is 159 Å². The zero-order valence-electron chi connectivity index (χ0n) is 79.4. The van der Waals surface area contributed by atoms with E-state index >= 15 is 0 Å². The van der Waals surface area contributed by atoms with Crippen LogP contribution >= 0.6 is 116 Å². The number of aryl methyl sites for hydroxylation is 5. The van der Waals surface area contributed by atoms with Crippen molar-refractivity contribution < 1.29 is 27.4 Å². The molecule has 6 atom stereocenters. The average Bonchev–Trinajstić information content (AvgIpc) is 0.950. The molecular formula is C99H117Cl10F3N18O8. The Morgan fingerprint density at radius 1 is 0.362 bits per heavy atom. The number of hydrogen-bond acceptors (Lipinski definition) is 21. The van der Waals surface area contributed by atoms with E-state index in [1.807, 2.05) is 48.5 Å². The summed E-state index contributed by atoms with van der Waals surface area (Å²) in [5.74, 6) is 4.97. The van der Waals surface area contributed by atoms with Crippen molar-refractivity contribution in [3.05, 3.63) is 251 Å². The van der Waals surface area contributed by atoms with E-state index in [9.17, 15) is 37.1 Å². The molecule has 5 aromatic carbocycles. The minimum atomic E-state index is -4.91. The Kier molecular flexibility index (Phi) is 32.8. The minimum absolute atomic E-state index is 0.0219. The fraction of sp³-hybridized carbons (Fsp3) is 0.495. The number of halogens is 13. The van der Waals surface area contributed by atoms with Crippen LogP contribution in [0.15, 0.2) is 133 Å². The van der Waals surface area contributed by atoms with Gasteiger partial charge in [0.15, 0.2) is 5.56 Å². The molecule has 0 saturated carbocycles. The van der Waals surface area contributed by atoms with Gasteiger partial charge in [0.25, 0.3) is 27.8 Å². The maximum atomic E-state index is 14.1. The number of nitrogens with zero attached hydrogens (tertiary/aromatic N) is 15. The summed E-state index contributed by atoms with van der Waals surface area (Å²) in [6.07, 6.45) is 5.63. The quantitative estimate of drug-likeness (QED) is 0.108. The van der Waals surface area contributed by atoms with E-state index in [1.54, 1.807) is 97.9 Å². The Hall–Kier alpha value is -8.05. The summed E-state index contributed by atoms with van der Waals surface area (Å²) in [6.45, 7) is 35.1. The number of alkyl halides is 3.